The summed E-state index contributed by atoms with van der Waals surface area (Å²) in [5.74, 6) is 0. The Kier molecular flexibility index (Phi) is 9.94. The molecule has 0 saturated heterocycles. The second-order valence-corrected chi connectivity index (χ2v) is 3.71. The summed E-state index contributed by atoms with van der Waals surface area (Å²) in [5, 5.41) is 0. The highest BCUT2D eigenvalue weighted by molar-refractivity contribution is 4.52. The van der Waals surface area contributed by atoms with E-state index in [0.29, 0.717) is 0 Å². The largest absolute Gasteiger partial charge is 0.385 e. The summed E-state index contributed by atoms with van der Waals surface area (Å²) in [6.07, 6.45) is 6.47. The fourth-order valence-electron chi connectivity index (χ4n) is 1.37. The van der Waals surface area contributed by atoms with E-state index in [2.05, 4.69) is 18.9 Å². The molecule has 0 heterocycles. The minimum Gasteiger partial charge on any atom is -0.385 e. The summed E-state index contributed by atoms with van der Waals surface area (Å²) < 4.78 is 5.00. The molecule has 0 aromatic rings. The van der Waals surface area contributed by atoms with Crippen LogP contribution < -0.4 is 0 Å². The first-order chi connectivity index (χ1) is 6.31. The van der Waals surface area contributed by atoms with E-state index < -0.39 is 0 Å². The molecule has 0 aromatic carbocycles. The van der Waals surface area contributed by atoms with Crippen molar-refractivity contribution in [3.05, 3.63) is 0 Å². The quantitative estimate of drug-likeness (QED) is 0.514. The molecule has 0 atom stereocenters. The summed E-state index contributed by atoms with van der Waals surface area (Å²) in [6, 6.07) is 0. The van der Waals surface area contributed by atoms with E-state index in [1.807, 2.05) is 0 Å². The van der Waals surface area contributed by atoms with E-state index in [-0.39, 0.29) is 0 Å². The van der Waals surface area contributed by atoms with Crippen molar-refractivity contribution >= 4 is 0 Å². The first kappa shape index (κ1) is 12.9. The van der Waals surface area contributed by atoms with Crippen molar-refractivity contribution < 1.29 is 4.74 Å². The molecule has 13 heavy (non-hydrogen) atoms. The lowest BCUT2D eigenvalue weighted by Gasteiger charge is -2.15. The van der Waals surface area contributed by atoms with Gasteiger partial charge in [-0.05, 0) is 39.4 Å². The summed E-state index contributed by atoms with van der Waals surface area (Å²) in [7, 11) is 3.98. The highest BCUT2D eigenvalue weighted by atomic mass is 16.5. The third-order valence-corrected chi connectivity index (χ3v) is 2.28. The Labute approximate surface area is 83.3 Å². The lowest BCUT2D eigenvalue weighted by Crippen LogP contribution is -2.21. The van der Waals surface area contributed by atoms with E-state index >= 15 is 0 Å². The fourth-order valence-corrected chi connectivity index (χ4v) is 1.37. The molecule has 0 amide bonds. The van der Waals surface area contributed by atoms with Gasteiger partial charge in [0.25, 0.3) is 0 Å². The van der Waals surface area contributed by atoms with E-state index in [0.717, 1.165) is 6.61 Å². The van der Waals surface area contributed by atoms with Crippen molar-refractivity contribution in [2.75, 3.05) is 33.9 Å². The zero-order valence-corrected chi connectivity index (χ0v) is 9.51. The molecular formula is C11H25NO. The number of hydrogen-bond acceptors (Lipinski definition) is 2. The Morgan fingerprint density at radius 2 is 1.62 bits per heavy atom. The zero-order chi connectivity index (χ0) is 9.94. The van der Waals surface area contributed by atoms with Gasteiger partial charge in [-0.15, -0.1) is 0 Å². The summed E-state index contributed by atoms with van der Waals surface area (Å²) >= 11 is 0. The van der Waals surface area contributed by atoms with Gasteiger partial charge >= 0.3 is 0 Å². The molecule has 2 nitrogen and oxygen atoms in total. The number of ether oxygens (including phenoxy) is 1. The van der Waals surface area contributed by atoms with Gasteiger partial charge in [-0.3, -0.25) is 0 Å². The van der Waals surface area contributed by atoms with Crippen LogP contribution in [-0.2, 0) is 4.74 Å². The van der Waals surface area contributed by atoms with Crippen LogP contribution in [0.15, 0.2) is 0 Å². The molecule has 0 rings (SSSR count). The van der Waals surface area contributed by atoms with Crippen LogP contribution in [0, 0.1) is 0 Å². The molecule has 0 N–H and O–H groups in total. The highest BCUT2D eigenvalue weighted by Gasteiger charge is 1.96. The van der Waals surface area contributed by atoms with Crippen molar-refractivity contribution in [1.82, 2.24) is 4.90 Å². The standard InChI is InChI=1S/C11H25NO/c1-4-5-6-9-12(2)10-7-8-11-13-3/h4-11H2,1-3H3. The maximum absolute atomic E-state index is 5.00. The Morgan fingerprint density at radius 3 is 2.15 bits per heavy atom. The Balaban J connectivity index is 3.05. The van der Waals surface area contributed by atoms with E-state index in [4.69, 9.17) is 4.74 Å². The van der Waals surface area contributed by atoms with Crippen molar-refractivity contribution in [3.8, 4) is 0 Å². The van der Waals surface area contributed by atoms with Crippen molar-refractivity contribution in [1.29, 1.82) is 0 Å². The monoisotopic (exact) mass is 187 g/mol. The van der Waals surface area contributed by atoms with Gasteiger partial charge < -0.3 is 9.64 Å². The molecule has 0 aliphatic heterocycles. The average Bonchev–Trinajstić information content (AvgIpc) is 2.13. The second kappa shape index (κ2) is 10.0. The molecule has 80 valence electrons. The number of nitrogens with zero attached hydrogens (tertiary/aromatic N) is 1. The van der Waals surface area contributed by atoms with Gasteiger partial charge in [-0.2, -0.15) is 0 Å². The van der Waals surface area contributed by atoms with Gasteiger partial charge in [-0.25, -0.2) is 0 Å². The van der Waals surface area contributed by atoms with E-state index in [1.165, 1.54) is 45.2 Å². The normalized spacial score (nSPS) is 11.1. The summed E-state index contributed by atoms with van der Waals surface area (Å²) in [4.78, 5) is 2.42. The maximum atomic E-state index is 5.00. The average molecular weight is 187 g/mol. The molecule has 0 saturated carbocycles. The van der Waals surface area contributed by atoms with E-state index in [9.17, 15) is 0 Å². The molecular weight excluding hydrogens is 162 g/mol. The van der Waals surface area contributed by atoms with Crippen LogP contribution in [-0.4, -0.2) is 38.8 Å². The number of hydrogen-bond donors (Lipinski definition) is 0. The molecule has 0 fully saturated rings. The predicted octanol–water partition coefficient (Wildman–Crippen LogP) is 2.54. The van der Waals surface area contributed by atoms with Crippen LogP contribution in [0.5, 0.6) is 0 Å². The lowest BCUT2D eigenvalue weighted by atomic mass is 10.2. The first-order valence-corrected chi connectivity index (χ1v) is 5.48. The van der Waals surface area contributed by atoms with Crippen LogP contribution in [0.4, 0.5) is 0 Å². The molecule has 0 aliphatic carbocycles. The number of unbranched alkanes of at least 4 members (excludes halogenated alkanes) is 3. The molecule has 0 unspecified atom stereocenters. The number of methoxy groups -OCH3 is 1. The Hall–Kier alpha value is -0.0800. The third-order valence-electron chi connectivity index (χ3n) is 2.28. The highest BCUT2D eigenvalue weighted by Crippen LogP contribution is 1.98. The van der Waals surface area contributed by atoms with Crippen LogP contribution in [0.25, 0.3) is 0 Å². The van der Waals surface area contributed by atoms with Gasteiger partial charge in [0.1, 0.15) is 0 Å². The third kappa shape index (κ3) is 9.84. The molecule has 0 aliphatic rings. The van der Waals surface area contributed by atoms with Crippen molar-refractivity contribution in [2.24, 2.45) is 0 Å². The smallest absolute Gasteiger partial charge is 0.0462 e. The van der Waals surface area contributed by atoms with Gasteiger partial charge in [0.15, 0.2) is 0 Å². The first-order valence-electron chi connectivity index (χ1n) is 5.48. The molecule has 0 aromatic heterocycles. The number of rotatable bonds is 9. The van der Waals surface area contributed by atoms with Gasteiger partial charge in [0.2, 0.25) is 0 Å². The van der Waals surface area contributed by atoms with Gasteiger partial charge in [0, 0.05) is 13.7 Å². The minimum absolute atomic E-state index is 0.906. The topological polar surface area (TPSA) is 12.5 Å². The SMILES string of the molecule is CCCCCN(C)CCCCOC. The fraction of sp³-hybridized carbons (Fsp3) is 1.00. The minimum atomic E-state index is 0.906. The maximum Gasteiger partial charge on any atom is 0.0462 e. The van der Waals surface area contributed by atoms with Crippen LogP contribution >= 0.6 is 0 Å². The van der Waals surface area contributed by atoms with Gasteiger partial charge in [-0.1, -0.05) is 19.8 Å². The lowest BCUT2D eigenvalue weighted by molar-refractivity contribution is 0.187. The van der Waals surface area contributed by atoms with Gasteiger partial charge in [0.05, 0.1) is 0 Å². The molecule has 0 bridgehead atoms. The molecule has 0 spiro atoms. The molecule has 0 radical (unpaired) electrons. The van der Waals surface area contributed by atoms with E-state index in [1.54, 1.807) is 7.11 Å². The van der Waals surface area contributed by atoms with Crippen LogP contribution in [0.1, 0.15) is 39.0 Å². The Bertz CT molecular complexity index is 96.1. The zero-order valence-electron chi connectivity index (χ0n) is 9.51. The predicted molar refractivity (Wildman–Crippen MR) is 58.1 cm³/mol. The van der Waals surface area contributed by atoms with Crippen LogP contribution in [0.3, 0.4) is 0 Å². The van der Waals surface area contributed by atoms with Crippen molar-refractivity contribution in [2.45, 2.75) is 39.0 Å². The van der Waals surface area contributed by atoms with Crippen LogP contribution in [0.2, 0.25) is 0 Å². The Morgan fingerprint density at radius 1 is 1.00 bits per heavy atom. The summed E-state index contributed by atoms with van der Waals surface area (Å²) in [6.45, 7) is 5.62. The second-order valence-electron chi connectivity index (χ2n) is 3.71. The van der Waals surface area contributed by atoms with Crippen molar-refractivity contribution in [3.63, 3.8) is 0 Å². The molecule has 2 heteroatoms. The summed E-state index contributed by atoms with van der Waals surface area (Å²) in [5.41, 5.74) is 0.